The summed E-state index contributed by atoms with van der Waals surface area (Å²) in [6.45, 7) is 6.20. The Morgan fingerprint density at radius 3 is 2.71 bits per heavy atom. The van der Waals surface area contributed by atoms with Crippen LogP contribution >= 0.6 is 0 Å². The second-order valence-corrected chi connectivity index (χ2v) is 7.92. The van der Waals surface area contributed by atoms with E-state index in [-0.39, 0.29) is 11.9 Å². The minimum Gasteiger partial charge on any atom is -0.348 e. The maximum absolute atomic E-state index is 12.6. The Hall–Kier alpha value is -2.25. The highest BCUT2D eigenvalue weighted by Gasteiger charge is 2.25. The van der Waals surface area contributed by atoms with Crippen LogP contribution in [0.4, 0.5) is 0 Å². The predicted octanol–water partition coefficient (Wildman–Crippen LogP) is 2.16. The average molecular weight is 383 g/mol. The molecule has 0 aromatic carbocycles. The van der Waals surface area contributed by atoms with Crippen LogP contribution < -0.4 is 10.6 Å². The summed E-state index contributed by atoms with van der Waals surface area (Å²) in [6, 6.07) is 6.94. The Morgan fingerprint density at radius 2 is 2.00 bits per heavy atom. The van der Waals surface area contributed by atoms with E-state index in [2.05, 4.69) is 44.7 Å². The number of nitrogens with one attached hydrogen (secondary N) is 2. The highest BCUT2D eigenvalue weighted by molar-refractivity contribution is 5.92. The van der Waals surface area contributed by atoms with Crippen LogP contribution in [0.3, 0.4) is 0 Å². The first kappa shape index (κ1) is 19.1. The van der Waals surface area contributed by atoms with Crippen molar-refractivity contribution in [3.8, 4) is 0 Å². The molecule has 0 bridgehead atoms. The van der Waals surface area contributed by atoms with Gasteiger partial charge in [-0.05, 0) is 62.9 Å². The summed E-state index contributed by atoms with van der Waals surface area (Å²) in [7, 11) is 0. The summed E-state index contributed by atoms with van der Waals surface area (Å²) in [4.78, 5) is 19.2. The van der Waals surface area contributed by atoms with Gasteiger partial charge in [-0.3, -0.25) is 19.4 Å². The Labute approximate surface area is 166 Å². The monoisotopic (exact) mass is 382 g/mol. The van der Waals surface area contributed by atoms with Crippen molar-refractivity contribution in [2.24, 2.45) is 0 Å². The van der Waals surface area contributed by atoms with Crippen LogP contribution in [-0.4, -0.2) is 57.8 Å². The van der Waals surface area contributed by atoms with Crippen molar-refractivity contribution in [1.82, 2.24) is 30.3 Å². The molecule has 2 aliphatic heterocycles. The molecule has 0 aliphatic carbocycles. The van der Waals surface area contributed by atoms with E-state index >= 15 is 0 Å². The van der Waals surface area contributed by atoms with Crippen molar-refractivity contribution in [2.45, 2.75) is 50.7 Å². The van der Waals surface area contributed by atoms with E-state index < -0.39 is 0 Å². The molecule has 7 heteroatoms. The number of likely N-dealkylation sites (tertiary alicyclic amines) is 1. The fourth-order valence-electron chi connectivity index (χ4n) is 4.26. The topological polar surface area (TPSA) is 75.1 Å². The number of pyridine rings is 1. The minimum absolute atomic E-state index is 0.0526. The number of hydrogen-bond donors (Lipinski definition) is 2. The summed E-state index contributed by atoms with van der Waals surface area (Å²) in [5.74, 6) is -0.0526. The van der Waals surface area contributed by atoms with Gasteiger partial charge in [0.25, 0.3) is 5.91 Å². The molecule has 0 spiro atoms. The Bertz CT molecular complexity index is 762. The summed E-state index contributed by atoms with van der Waals surface area (Å²) >= 11 is 0. The highest BCUT2D eigenvalue weighted by atomic mass is 16.2. The zero-order valence-electron chi connectivity index (χ0n) is 16.6. The molecular weight excluding hydrogens is 352 g/mol. The van der Waals surface area contributed by atoms with Gasteiger partial charge in [0.15, 0.2) is 0 Å². The molecule has 2 aromatic rings. The molecule has 150 valence electrons. The first-order valence-electron chi connectivity index (χ1n) is 10.4. The molecule has 28 heavy (non-hydrogen) atoms. The van der Waals surface area contributed by atoms with Gasteiger partial charge < -0.3 is 10.6 Å². The maximum atomic E-state index is 12.6. The molecule has 2 aliphatic rings. The van der Waals surface area contributed by atoms with Crippen molar-refractivity contribution < 1.29 is 4.79 Å². The van der Waals surface area contributed by atoms with Gasteiger partial charge in [0.05, 0.1) is 6.04 Å². The molecule has 0 saturated carbocycles. The third-order valence-corrected chi connectivity index (χ3v) is 6.09. The fourth-order valence-corrected chi connectivity index (χ4v) is 4.26. The van der Waals surface area contributed by atoms with E-state index in [9.17, 15) is 4.79 Å². The molecule has 4 heterocycles. The molecule has 2 saturated heterocycles. The van der Waals surface area contributed by atoms with Crippen molar-refractivity contribution in [1.29, 1.82) is 0 Å². The molecule has 7 nitrogen and oxygen atoms in total. The third kappa shape index (κ3) is 4.42. The third-order valence-electron chi connectivity index (χ3n) is 6.09. The number of piperidine rings is 2. The molecule has 2 fully saturated rings. The molecule has 2 unspecified atom stereocenters. The lowest BCUT2D eigenvalue weighted by molar-refractivity contribution is 0.0889. The van der Waals surface area contributed by atoms with Gasteiger partial charge in [0, 0.05) is 50.3 Å². The number of rotatable bonds is 5. The van der Waals surface area contributed by atoms with Crippen LogP contribution in [0.15, 0.2) is 36.8 Å². The number of amides is 1. The SMILES string of the molecule is CC(c1ccncc1)N1CCC(NC(=O)c2ccn(C3CCCNC3)n2)CC1. The quantitative estimate of drug-likeness (QED) is 0.829. The first-order chi connectivity index (χ1) is 13.7. The van der Waals surface area contributed by atoms with Gasteiger partial charge in [0.1, 0.15) is 5.69 Å². The lowest BCUT2D eigenvalue weighted by Gasteiger charge is -2.36. The number of aromatic nitrogens is 3. The van der Waals surface area contributed by atoms with Crippen LogP contribution in [0, 0.1) is 0 Å². The number of hydrogen-bond acceptors (Lipinski definition) is 5. The van der Waals surface area contributed by atoms with E-state index in [1.807, 2.05) is 29.3 Å². The second kappa shape index (κ2) is 8.84. The lowest BCUT2D eigenvalue weighted by atomic mass is 10.0. The van der Waals surface area contributed by atoms with Gasteiger partial charge in [-0.1, -0.05) is 0 Å². The highest BCUT2D eigenvalue weighted by Crippen LogP contribution is 2.24. The molecule has 4 rings (SSSR count). The van der Waals surface area contributed by atoms with Crippen molar-refractivity contribution >= 4 is 5.91 Å². The van der Waals surface area contributed by atoms with Crippen LogP contribution in [0.5, 0.6) is 0 Å². The smallest absolute Gasteiger partial charge is 0.271 e. The fraction of sp³-hybridized carbons (Fsp3) is 0.571. The summed E-state index contributed by atoms with van der Waals surface area (Å²) in [5.41, 5.74) is 1.82. The van der Waals surface area contributed by atoms with E-state index in [1.165, 1.54) is 5.56 Å². The van der Waals surface area contributed by atoms with Gasteiger partial charge in [-0.15, -0.1) is 0 Å². The zero-order chi connectivity index (χ0) is 19.3. The van der Waals surface area contributed by atoms with Gasteiger partial charge in [-0.25, -0.2) is 0 Å². The standard InChI is InChI=1S/C21H30N6O/c1-16(17-4-10-22-11-5-17)26-12-6-18(7-13-26)24-21(28)20-8-14-27(25-20)19-3-2-9-23-15-19/h4-5,8,10-11,14,16,18-19,23H,2-3,6-7,9,12-13,15H2,1H3,(H,24,28). The van der Waals surface area contributed by atoms with Crippen LogP contribution in [-0.2, 0) is 0 Å². The second-order valence-electron chi connectivity index (χ2n) is 7.92. The van der Waals surface area contributed by atoms with Crippen LogP contribution in [0.1, 0.15) is 60.7 Å². The molecule has 1 amide bonds. The normalized spacial score (nSPS) is 22.7. The molecular formula is C21H30N6O. The Morgan fingerprint density at radius 1 is 1.21 bits per heavy atom. The predicted molar refractivity (Wildman–Crippen MR) is 108 cm³/mol. The Kier molecular flexibility index (Phi) is 6.02. The van der Waals surface area contributed by atoms with E-state index in [0.717, 1.165) is 51.9 Å². The maximum Gasteiger partial charge on any atom is 0.271 e. The van der Waals surface area contributed by atoms with Gasteiger partial charge in [0.2, 0.25) is 0 Å². The summed E-state index contributed by atoms with van der Waals surface area (Å²) < 4.78 is 1.94. The summed E-state index contributed by atoms with van der Waals surface area (Å²) in [6.07, 6.45) is 9.84. The molecule has 2 atom stereocenters. The minimum atomic E-state index is -0.0526. The average Bonchev–Trinajstić information content (AvgIpc) is 3.26. The number of carbonyl (C=O) groups is 1. The van der Waals surface area contributed by atoms with Crippen molar-refractivity contribution in [2.75, 3.05) is 26.2 Å². The largest absolute Gasteiger partial charge is 0.348 e. The molecule has 2 aromatic heterocycles. The lowest BCUT2D eigenvalue weighted by Crippen LogP contribution is -2.45. The van der Waals surface area contributed by atoms with Gasteiger partial charge >= 0.3 is 0 Å². The van der Waals surface area contributed by atoms with Crippen molar-refractivity contribution in [3.05, 3.63) is 48.0 Å². The van der Waals surface area contributed by atoms with E-state index in [4.69, 9.17) is 0 Å². The van der Waals surface area contributed by atoms with Gasteiger partial charge in [-0.2, -0.15) is 5.10 Å². The van der Waals surface area contributed by atoms with Crippen molar-refractivity contribution in [3.63, 3.8) is 0 Å². The molecule has 2 N–H and O–H groups in total. The first-order valence-corrected chi connectivity index (χ1v) is 10.4. The summed E-state index contributed by atoms with van der Waals surface area (Å²) in [5, 5.41) is 11.1. The zero-order valence-corrected chi connectivity index (χ0v) is 16.6. The number of carbonyl (C=O) groups excluding carboxylic acids is 1. The van der Waals surface area contributed by atoms with E-state index in [1.54, 1.807) is 0 Å². The van der Waals surface area contributed by atoms with E-state index in [0.29, 0.717) is 17.8 Å². The Balaban J connectivity index is 1.28. The number of nitrogens with zero attached hydrogens (tertiary/aromatic N) is 4. The van der Waals surface area contributed by atoms with Crippen LogP contribution in [0.25, 0.3) is 0 Å². The van der Waals surface area contributed by atoms with Crippen LogP contribution in [0.2, 0.25) is 0 Å². The molecule has 0 radical (unpaired) electrons.